The van der Waals surface area contributed by atoms with E-state index in [4.69, 9.17) is 0 Å². The van der Waals surface area contributed by atoms with E-state index in [0.29, 0.717) is 11.6 Å². The summed E-state index contributed by atoms with van der Waals surface area (Å²) >= 11 is 1.38. The van der Waals surface area contributed by atoms with Gasteiger partial charge in [-0.3, -0.25) is 4.79 Å². The zero-order chi connectivity index (χ0) is 13.0. The van der Waals surface area contributed by atoms with E-state index in [1.807, 2.05) is 6.92 Å². The van der Waals surface area contributed by atoms with Crippen molar-refractivity contribution >= 4 is 22.4 Å². The van der Waals surface area contributed by atoms with Gasteiger partial charge < -0.3 is 5.32 Å². The molecule has 0 saturated carbocycles. The molecule has 0 spiro atoms. The van der Waals surface area contributed by atoms with E-state index in [1.165, 1.54) is 23.5 Å². The lowest BCUT2D eigenvalue weighted by Gasteiger charge is -1.98. The monoisotopic (exact) mass is 264 g/mol. The van der Waals surface area contributed by atoms with Crippen LogP contribution in [0.3, 0.4) is 0 Å². The Morgan fingerprint density at radius 3 is 2.78 bits per heavy atom. The number of hydrogen-bond donors (Lipinski definition) is 1. The van der Waals surface area contributed by atoms with E-state index in [0.717, 1.165) is 16.9 Å². The number of carbonyl (C=O) groups excluding carboxylic acids is 1. The van der Waals surface area contributed by atoms with Crippen molar-refractivity contribution in [2.45, 2.75) is 19.8 Å². The quantitative estimate of drug-likeness (QED) is 0.915. The molecule has 5 heteroatoms. The normalized spacial score (nSPS) is 10.3. The first-order chi connectivity index (χ1) is 8.69. The van der Waals surface area contributed by atoms with Gasteiger partial charge in [-0.25, -0.2) is 9.37 Å². The molecule has 1 aromatic heterocycles. The Balaban J connectivity index is 2.10. The van der Waals surface area contributed by atoms with E-state index in [-0.39, 0.29) is 11.7 Å². The second-order valence-corrected chi connectivity index (χ2v) is 4.87. The minimum absolute atomic E-state index is 0.0301. The van der Waals surface area contributed by atoms with Crippen molar-refractivity contribution in [3.63, 3.8) is 0 Å². The van der Waals surface area contributed by atoms with Gasteiger partial charge in [0.25, 0.3) is 0 Å². The van der Waals surface area contributed by atoms with Gasteiger partial charge in [0.15, 0.2) is 5.13 Å². The lowest BCUT2D eigenvalue weighted by Crippen LogP contribution is -2.09. The fraction of sp³-hybridized carbons (Fsp3) is 0.231. The third-order valence-electron chi connectivity index (χ3n) is 2.36. The molecule has 94 valence electrons. The van der Waals surface area contributed by atoms with E-state index < -0.39 is 0 Å². The molecule has 18 heavy (non-hydrogen) atoms. The third-order valence-corrected chi connectivity index (χ3v) is 3.32. The predicted octanol–water partition coefficient (Wildman–Crippen LogP) is 3.69. The molecule has 0 atom stereocenters. The average Bonchev–Trinajstić information content (AvgIpc) is 2.78. The first kappa shape index (κ1) is 12.7. The van der Waals surface area contributed by atoms with Crippen LogP contribution >= 0.6 is 11.3 Å². The summed E-state index contributed by atoms with van der Waals surface area (Å²) in [6.07, 6.45) is 2.98. The molecule has 0 aliphatic rings. The van der Waals surface area contributed by atoms with Crippen LogP contribution in [0.25, 0.3) is 10.4 Å². The zero-order valence-corrected chi connectivity index (χ0v) is 10.8. The number of nitrogens with zero attached hydrogens (tertiary/aromatic N) is 1. The molecule has 2 rings (SSSR count). The maximum Gasteiger partial charge on any atom is 0.226 e. The molecule has 0 unspecified atom stereocenters. The molecule has 2 aromatic rings. The molecule has 0 aliphatic heterocycles. The van der Waals surface area contributed by atoms with Crippen molar-refractivity contribution < 1.29 is 9.18 Å². The Labute approximate surface area is 109 Å². The number of nitrogens with one attached hydrogen (secondary N) is 1. The van der Waals surface area contributed by atoms with Gasteiger partial charge in [0.2, 0.25) is 5.91 Å². The topological polar surface area (TPSA) is 42.0 Å². The largest absolute Gasteiger partial charge is 0.302 e. The summed E-state index contributed by atoms with van der Waals surface area (Å²) < 4.78 is 12.8. The summed E-state index contributed by atoms with van der Waals surface area (Å²) in [6.45, 7) is 1.95. The highest BCUT2D eigenvalue weighted by atomic mass is 32.1. The molecule has 1 N–H and O–H groups in total. The second-order valence-electron chi connectivity index (χ2n) is 3.83. The maximum absolute atomic E-state index is 12.8. The summed E-state index contributed by atoms with van der Waals surface area (Å²) in [4.78, 5) is 16.4. The van der Waals surface area contributed by atoms with Crippen LogP contribution in [0.5, 0.6) is 0 Å². The SMILES string of the molecule is CCCC(=O)Nc1ncc(-c2ccc(F)cc2)s1. The summed E-state index contributed by atoms with van der Waals surface area (Å²) in [6, 6.07) is 6.20. The first-order valence-electron chi connectivity index (χ1n) is 5.70. The molecule has 0 aliphatic carbocycles. The Bertz CT molecular complexity index is 536. The number of aromatic nitrogens is 1. The number of carbonyl (C=O) groups is 1. The minimum Gasteiger partial charge on any atom is -0.302 e. The number of thiazole rings is 1. The van der Waals surface area contributed by atoms with Crippen LogP contribution in [0, 0.1) is 5.82 Å². The number of rotatable bonds is 4. The Kier molecular flexibility index (Phi) is 4.04. The fourth-order valence-corrected chi connectivity index (χ4v) is 2.33. The van der Waals surface area contributed by atoms with Crippen molar-refractivity contribution in [1.29, 1.82) is 0 Å². The van der Waals surface area contributed by atoms with Gasteiger partial charge in [-0.1, -0.05) is 30.4 Å². The van der Waals surface area contributed by atoms with E-state index in [9.17, 15) is 9.18 Å². The lowest BCUT2D eigenvalue weighted by molar-refractivity contribution is -0.116. The lowest BCUT2D eigenvalue weighted by atomic mass is 10.2. The summed E-state index contributed by atoms with van der Waals surface area (Å²) in [5.41, 5.74) is 0.893. The van der Waals surface area contributed by atoms with Gasteiger partial charge in [-0.05, 0) is 24.1 Å². The Morgan fingerprint density at radius 2 is 2.11 bits per heavy atom. The van der Waals surface area contributed by atoms with Crippen LogP contribution in [-0.4, -0.2) is 10.9 Å². The molecular formula is C13H13FN2OS. The third kappa shape index (κ3) is 3.13. The molecule has 0 fully saturated rings. The van der Waals surface area contributed by atoms with Crippen LogP contribution in [0.4, 0.5) is 9.52 Å². The van der Waals surface area contributed by atoms with E-state index in [1.54, 1.807) is 18.3 Å². The van der Waals surface area contributed by atoms with Gasteiger partial charge >= 0.3 is 0 Å². The van der Waals surface area contributed by atoms with Crippen LogP contribution < -0.4 is 5.32 Å². The van der Waals surface area contributed by atoms with E-state index >= 15 is 0 Å². The van der Waals surface area contributed by atoms with Crippen LogP contribution in [0.2, 0.25) is 0 Å². The van der Waals surface area contributed by atoms with Gasteiger partial charge in [0, 0.05) is 12.6 Å². The molecular weight excluding hydrogens is 251 g/mol. The standard InChI is InChI=1S/C13H13FN2OS/c1-2-3-12(17)16-13-15-8-11(18-13)9-4-6-10(14)7-5-9/h4-8H,2-3H2,1H3,(H,15,16,17). The molecule has 1 heterocycles. The van der Waals surface area contributed by atoms with Gasteiger partial charge in [-0.2, -0.15) is 0 Å². The van der Waals surface area contributed by atoms with Crippen molar-refractivity contribution in [3.05, 3.63) is 36.3 Å². The Morgan fingerprint density at radius 1 is 1.39 bits per heavy atom. The predicted molar refractivity (Wildman–Crippen MR) is 71.0 cm³/mol. The summed E-state index contributed by atoms with van der Waals surface area (Å²) in [5, 5.41) is 3.32. The number of halogens is 1. The second kappa shape index (κ2) is 5.73. The highest BCUT2D eigenvalue weighted by Crippen LogP contribution is 2.28. The number of benzene rings is 1. The smallest absolute Gasteiger partial charge is 0.226 e. The molecule has 0 bridgehead atoms. The minimum atomic E-state index is -0.264. The molecule has 0 saturated heterocycles. The van der Waals surface area contributed by atoms with Gasteiger partial charge in [-0.15, -0.1) is 0 Å². The fourth-order valence-electron chi connectivity index (χ4n) is 1.49. The maximum atomic E-state index is 12.8. The van der Waals surface area contributed by atoms with Crippen LogP contribution in [0.1, 0.15) is 19.8 Å². The van der Waals surface area contributed by atoms with Crippen molar-refractivity contribution in [1.82, 2.24) is 4.98 Å². The Hall–Kier alpha value is -1.75. The van der Waals surface area contributed by atoms with Crippen LogP contribution in [-0.2, 0) is 4.79 Å². The molecule has 1 amide bonds. The first-order valence-corrected chi connectivity index (χ1v) is 6.52. The molecule has 1 aromatic carbocycles. The number of anilines is 1. The summed E-state index contributed by atoms with van der Waals surface area (Å²) in [7, 11) is 0. The van der Waals surface area contributed by atoms with Crippen molar-refractivity contribution in [2.75, 3.05) is 5.32 Å². The van der Waals surface area contributed by atoms with E-state index in [2.05, 4.69) is 10.3 Å². The highest BCUT2D eigenvalue weighted by Gasteiger charge is 2.07. The zero-order valence-electron chi connectivity index (χ0n) is 9.94. The van der Waals surface area contributed by atoms with Gasteiger partial charge in [0.1, 0.15) is 5.82 Å². The number of amides is 1. The highest BCUT2D eigenvalue weighted by molar-refractivity contribution is 7.19. The molecule has 3 nitrogen and oxygen atoms in total. The summed E-state index contributed by atoms with van der Waals surface area (Å²) in [5.74, 6) is -0.294. The molecule has 0 radical (unpaired) electrons. The number of hydrogen-bond acceptors (Lipinski definition) is 3. The van der Waals surface area contributed by atoms with Crippen molar-refractivity contribution in [2.24, 2.45) is 0 Å². The van der Waals surface area contributed by atoms with Gasteiger partial charge in [0.05, 0.1) is 4.88 Å². The van der Waals surface area contributed by atoms with Crippen LogP contribution in [0.15, 0.2) is 30.5 Å². The van der Waals surface area contributed by atoms with Crippen molar-refractivity contribution in [3.8, 4) is 10.4 Å². The average molecular weight is 264 g/mol.